The fraction of sp³-hybridized carbons (Fsp3) is 0.559. The standard InChI is InChI=1S/C34H42F3N5O5S2/c1-20(2)30-39-25(18-48-30)31(45)42-13-14-47-33(19-42)8-11-41(12-9-33)17-21-3-5-24(34(35,36)37)22(15-21)7-10-38-16-27(44)23-4-6-26(43)28-29(23)49-32(46)40-28/h3-6,15,20,25,27,38,43-44H,7-14,16-19H2,1-2H3,(H,40,46)/t25?,27-/m0/s1. The number of thiazole rings is 1. The molecule has 49 heavy (non-hydrogen) atoms. The summed E-state index contributed by atoms with van der Waals surface area (Å²) in [7, 11) is 0. The van der Waals surface area contributed by atoms with Crippen LogP contribution in [0.15, 0.2) is 40.1 Å². The molecule has 1 spiro atoms. The Morgan fingerprint density at radius 3 is 2.69 bits per heavy atom. The van der Waals surface area contributed by atoms with Crippen molar-refractivity contribution in [3.8, 4) is 5.75 Å². The molecule has 3 aromatic rings. The SMILES string of the molecule is CC(C)C1=NC(C(=O)N2CCOC3(CCN(Cc4ccc(C(F)(F)F)c(CCNC[C@H](O)c5ccc(O)c6[nH]c(=O)sc56)c4)CC3)C2)CS1. The largest absolute Gasteiger partial charge is 0.506 e. The zero-order chi connectivity index (χ0) is 34.9. The third kappa shape index (κ3) is 8.18. The van der Waals surface area contributed by atoms with Crippen molar-refractivity contribution in [3.05, 3.63) is 62.3 Å². The Kier molecular flexibility index (Phi) is 10.8. The number of alkyl halides is 3. The Bertz CT molecular complexity index is 1750. The summed E-state index contributed by atoms with van der Waals surface area (Å²) in [6, 6.07) is 6.89. The van der Waals surface area contributed by atoms with Gasteiger partial charge in [0.25, 0.3) is 0 Å². The Balaban J connectivity index is 1.04. The van der Waals surface area contributed by atoms with Gasteiger partial charge in [-0.1, -0.05) is 43.4 Å². The number of benzene rings is 2. The monoisotopic (exact) mass is 721 g/mol. The molecule has 2 saturated heterocycles. The van der Waals surface area contributed by atoms with E-state index in [2.05, 4.69) is 34.0 Å². The lowest BCUT2D eigenvalue weighted by Crippen LogP contribution is -2.59. The number of nitrogens with zero attached hydrogens (tertiary/aromatic N) is 3. The highest BCUT2D eigenvalue weighted by Crippen LogP contribution is 2.35. The molecule has 2 atom stereocenters. The first-order valence-corrected chi connectivity index (χ1v) is 18.4. The number of phenols is 1. The topological polar surface area (TPSA) is 130 Å². The predicted octanol–water partition coefficient (Wildman–Crippen LogP) is 4.54. The number of hydrogen-bond acceptors (Lipinski definition) is 10. The number of hydrogen-bond donors (Lipinski definition) is 4. The number of ether oxygens (including phenoxy) is 1. The second-order valence-electron chi connectivity index (χ2n) is 13.4. The van der Waals surface area contributed by atoms with Crippen LogP contribution in [0.25, 0.3) is 10.2 Å². The number of morpholine rings is 1. The van der Waals surface area contributed by atoms with Crippen LogP contribution in [0.1, 0.15) is 55.0 Å². The van der Waals surface area contributed by atoms with Crippen molar-refractivity contribution in [3.63, 3.8) is 0 Å². The maximum absolute atomic E-state index is 14.0. The third-order valence-electron chi connectivity index (χ3n) is 9.52. The van der Waals surface area contributed by atoms with Crippen LogP contribution in [0, 0.1) is 5.92 Å². The number of aliphatic imine (C=N–C) groups is 1. The van der Waals surface area contributed by atoms with E-state index in [1.807, 2.05) is 4.90 Å². The molecule has 0 saturated carbocycles. The number of aromatic hydroxyl groups is 1. The molecule has 10 nitrogen and oxygen atoms in total. The number of amides is 1. The molecular formula is C34H42F3N5O5S2. The summed E-state index contributed by atoms with van der Waals surface area (Å²) in [5, 5.41) is 24.8. The predicted molar refractivity (Wildman–Crippen MR) is 185 cm³/mol. The number of thioether (sulfide) groups is 1. The van der Waals surface area contributed by atoms with Gasteiger partial charge in [-0.05, 0) is 49.1 Å². The number of aliphatic hydroxyl groups is 1. The van der Waals surface area contributed by atoms with Crippen molar-refractivity contribution in [2.45, 2.75) is 63.6 Å². The van der Waals surface area contributed by atoms with Crippen molar-refractivity contribution in [2.75, 3.05) is 51.6 Å². The quantitative estimate of drug-likeness (QED) is 0.225. The first-order valence-electron chi connectivity index (χ1n) is 16.6. The molecule has 6 rings (SSSR count). The first-order chi connectivity index (χ1) is 23.3. The maximum Gasteiger partial charge on any atom is 0.416 e. The molecule has 1 aromatic heterocycles. The summed E-state index contributed by atoms with van der Waals surface area (Å²) in [4.78, 5) is 36.1. The lowest BCUT2D eigenvalue weighted by atomic mass is 9.88. The van der Waals surface area contributed by atoms with Gasteiger partial charge in [0.1, 0.15) is 17.3 Å². The second kappa shape index (κ2) is 14.7. The van der Waals surface area contributed by atoms with Crippen LogP contribution < -0.4 is 10.2 Å². The van der Waals surface area contributed by atoms with Gasteiger partial charge < -0.3 is 30.2 Å². The number of aromatic nitrogens is 1. The van der Waals surface area contributed by atoms with E-state index >= 15 is 0 Å². The number of aromatic amines is 1. The molecule has 4 heterocycles. The highest BCUT2D eigenvalue weighted by Gasteiger charge is 2.43. The van der Waals surface area contributed by atoms with Crippen molar-refractivity contribution in [2.24, 2.45) is 10.9 Å². The van der Waals surface area contributed by atoms with E-state index in [0.717, 1.165) is 40.9 Å². The number of rotatable bonds is 10. The van der Waals surface area contributed by atoms with E-state index in [0.29, 0.717) is 61.3 Å². The van der Waals surface area contributed by atoms with Gasteiger partial charge in [0.15, 0.2) is 0 Å². The van der Waals surface area contributed by atoms with Crippen LogP contribution in [0.5, 0.6) is 5.75 Å². The molecule has 3 aliphatic heterocycles. The molecule has 0 bridgehead atoms. The van der Waals surface area contributed by atoms with E-state index in [-0.39, 0.29) is 53.2 Å². The summed E-state index contributed by atoms with van der Waals surface area (Å²) < 4.78 is 48.6. The van der Waals surface area contributed by atoms with Gasteiger partial charge in [0, 0.05) is 56.5 Å². The molecule has 2 fully saturated rings. The van der Waals surface area contributed by atoms with Crippen LogP contribution >= 0.6 is 23.1 Å². The molecule has 0 radical (unpaired) electrons. The van der Waals surface area contributed by atoms with Gasteiger partial charge in [0.05, 0.1) is 33.6 Å². The molecule has 4 N–H and O–H groups in total. The van der Waals surface area contributed by atoms with Crippen molar-refractivity contribution < 1.29 is 32.9 Å². The van der Waals surface area contributed by atoms with Gasteiger partial charge in [-0.2, -0.15) is 13.2 Å². The van der Waals surface area contributed by atoms with Crippen molar-refractivity contribution >= 4 is 44.3 Å². The highest BCUT2D eigenvalue weighted by molar-refractivity contribution is 8.14. The number of halogens is 3. The number of nitrogens with one attached hydrogen (secondary N) is 2. The van der Waals surface area contributed by atoms with Crippen LogP contribution in [-0.2, 0) is 28.7 Å². The summed E-state index contributed by atoms with van der Waals surface area (Å²) >= 11 is 2.54. The van der Waals surface area contributed by atoms with Gasteiger partial charge >= 0.3 is 11.0 Å². The van der Waals surface area contributed by atoms with Gasteiger partial charge in [-0.3, -0.25) is 19.5 Å². The van der Waals surface area contributed by atoms with E-state index < -0.39 is 23.4 Å². The fourth-order valence-electron chi connectivity index (χ4n) is 6.86. The van der Waals surface area contributed by atoms with E-state index in [1.165, 1.54) is 18.2 Å². The zero-order valence-electron chi connectivity index (χ0n) is 27.5. The van der Waals surface area contributed by atoms with Gasteiger partial charge in [-0.15, -0.1) is 11.8 Å². The van der Waals surface area contributed by atoms with Crippen LogP contribution in [0.4, 0.5) is 13.2 Å². The number of fused-ring (bicyclic) bond motifs is 1. The molecule has 2 aromatic carbocycles. The summed E-state index contributed by atoms with van der Waals surface area (Å²) in [5.41, 5.74) is 0.554. The summed E-state index contributed by atoms with van der Waals surface area (Å²) in [6.45, 7) is 7.88. The third-order valence-corrected chi connectivity index (χ3v) is 11.8. The summed E-state index contributed by atoms with van der Waals surface area (Å²) in [6.07, 6.45) is -3.99. The number of H-pyrrole nitrogens is 1. The lowest BCUT2D eigenvalue weighted by molar-refractivity contribution is -0.160. The minimum atomic E-state index is -4.51. The van der Waals surface area contributed by atoms with Crippen LogP contribution in [0.2, 0.25) is 0 Å². The number of phenolic OH excluding ortho intramolecular Hbond substituents is 1. The van der Waals surface area contributed by atoms with Crippen LogP contribution in [0.3, 0.4) is 0 Å². The average Bonchev–Trinajstić information content (AvgIpc) is 3.72. The number of likely N-dealkylation sites (tertiary alicyclic amines) is 1. The molecule has 3 aliphatic rings. The Morgan fingerprint density at radius 2 is 1.98 bits per heavy atom. The molecule has 0 aliphatic carbocycles. The van der Waals surface area contributed by atoms with Gasteiger partial charge in [-0.25, -0.2) is 0 Å². The zero-order valence-corrected chi connectivity index (χ0v) is 29.1. The van der Waals surface area contributed by atoms with E-state index in [4.69, 9.17) is 4.74 Å². The Labute approximate surface area is 290 Å². The Hall–Kier alpha value is -2.95. The minimum absolute atomic E-state index is 0.0550. The maximum atomic E-state index is 14.0. The highest BCUT2D eigenvalue weighted by atomic mass is 32.2. The second-order valence-corrected chi connectivity index (χ2v) is 15.4. The van der Waals surface area contributed by atoms with Crippen molar-refractivity contribution in [1.29, 1.82) is 0 Å². The van der Waals surface area contributed by atoms with Gasteiger partial charge in [0.2, 0.25) is 5.91 Å². The Morgan fingerprint density at radius 1 is 1.20 bits per heavy atom. The van der Waals surface area contributed by atoms with E-state index in [1.54, 1.807) is 17.8 Å². The lowest BCUT2D eigenvalue weighted by Gasteiger charge is -2.47. The van der Waals surface area contributed by atoms with E-state index in [9.17, 15) is 33.0 Å². The molecule has 1 amide bonds. The average molecular weight is 722 g/mol. The minimum Gasteiger partial charge on any atom is -0.506 e. The number of piperidine rings is 1. The number of aliphatic hydroxyl groups excluding tert-OH is 1. The number of carbonyl (C=O) groups excluding carboxylic acids is 1. The van der Waals surface area contributed by atoms with Crippen LogP contribution in [-0.4, -0.2) is 99.2 Å². The smallest absolute Gasteiger partial charge is 0.416 e. The molecular weight excluding hydrogens is 680 g/mol. The number of carbonyl (C=O) groups is 1. The first kappa shape index (κ1) is 35.9. The normalized spacial score (nSPS) is 20.8. The molecule has 15 heteroatoms. The summed E-state index contributed by atoms with van der Waals surface area (Å²) in [5.74, 6) is 0.950. The molecule has 1 unspecified atom stereocenters. The van der Waals surface area contributed by atoms with Crippen molar-refractivity contribution in [1.82, 2.24) is 20.1 Å². The fourth-order valence-corrected chi connectivity index (χ4v) is 8.86. The molecule has 266 valence electrons.